The maximum atomic E-state index is 12.6. The molecule has 150 valence electrons. The van der Waals surface area contributed by atoms with Crippen LogP contribution in [-0.4, -0.2) is 58.1 Å². The summed E-state index contributed by atoms with van der Waals surface area (Å²) in [6.45, 7) is 5.89. The number of rotatable bonds is 4. The summed E-state index contributed by atoms with van der Waals surface area (Å²) in [4.78, 5) is 31.9. The van der Waals surface area contributed by atoms with E-state index in [1.54, 1.807) is 0 Å². The highest BCUT2D eigenvalue weighted by molar-refractivity contribution is 5.80. The van der Waals surface area contributed by atoms with Crippen molar-refractivity contribution < 1.29 is 9.90 Å². The number of carbonyl (C=O) groups excluding carboxylic acids is 1. The Labute approximate surface area is 165 Å². The first-order valence-corrected chi connectivity index (χ1v) is 10.4. The number of hydrogen-bond donors (Lipinski definition) is 2. The fraction of sp³-hybridized carbons (Fsp3) is 0.545. The monoisotopic (exact) mass is 383 g/mol. The van der Waals surface area contributed by atoms with Crippen LogP contribution in [-0.2, 0) is 17.8 Å². The normalized spacial score (nSPS) is 23.4. The summed E-state index contributed by atoms with van der Waals surface area (Å²) in [5.41, 5.74) is 2.85. The van der Waals surface area contributed by atoms with E-state index in [9.17, 15) is 14.7 Å². The molecular weight excluding hydrogens is 354 g/mol. The minimum Gasteiger partial charge on any atom is -0.392 e. The highest BCUT2D eigenvalue weighted by Gasteiger charge is 2.35. The number of H-pyrrole nitrogens is 1. The Bertz CT molecular complexity index is 915. The number of aliphatic hydroxyl groups is 1. The van der Waals surface area contributed by atoms with E-state index in [4.69, 9.17) is 0 Å². The third kappa shape index (κ3) is 3.84. The van der Waals surface area contributed by atoms with Gasteiger partial charge >= 0.3 is 0 Å². The van der Waals surface area contributed by atoms with Crippen LogP contribution in [0.2, 0.25) is 0 Å². The van der Waals surface area contributed by atoms with Gasteiger partial charge in [-0.2, -0.15) is 0 Å². The first-order chi connectivity index (χ1) is 13.5. The van der Waals surface area contributed by atoms with Crippen molar-refractivity contribution in [1.82, 2.24) is 14.8 Å². The molecule has 1 amide bonds. The molecule has 6 nitrogen and oxygen atoms in total. The third-order valence-corrected chi connectivity index (χ3v) is 6.26. The first-order valence-electron chi connectivity index (χ1n) is 10.4. The lowest BCUT2D eigenvalue weighted by atomic mass is 10.0. The maximum absolute atomic E-state index is 12.6. The van der Waals surface area contributed by atoms with Crippen molar-refractivity contribution in [2.75, 3.05) is 26.2 Å². The standard InChI is InChI=1S/C22H29N3O3/c1-2-16-13-17-7-6-15(12-19(17)23-21(16)27)14-24-8-10-25(11-9-24)22(28)18-4-3-5-20(18)26/h6-7,12-13,18,20,26H,2-5,8-11,14H2,1H3,(H,23,27)/t18-,20+/m0/s1. The molecule has 0 bridgehead atoms. The second kappa shape index (κ2) is 8.05. The fourth-order valence-electron chi connectivity index (χ4n) is 4.50. The van der Waals surface area contributed by atoms with E-state index in [2.05, 4.69) is 28.1 Å². The molecule has 2 fully saturated rings. The van der Waals surface area contributed by atoms with Crippen molar-refractivity contribution in [2.45, 2.75) is 45.3 Å². The number of aryl methyl sites for hydroxylation is 1. The van der Waals surface area contributed by atoms with Crippen molar-refractivity contribution in [3.63, 3.8) is 0 Å². The molecular formula is C22H29N3O3. The summed E-state index contributed by atoms with van der Waals surface area (Å²) in [5, 5.41) is 11.1. The fourth-order valence-corrected chi connectivity index (χ4v) is 4.50. The van der Waals surface area contributed by atoms with E-state index < -0.39 is 6.10 Å². The highest BCUT2D eigenvalue weighted by atomic mass is 16.3. The Morgan fingerprint density at radius 1 is 1.18 bits per heavy atom. The van der Waals surface area contributed by atoms with Gasteiger partial charge in [-0.1, -0.05) is 19.1 Å². The molecule has 2 N–H and O–H groups in total. The number of fused-ring (bicyclic) bond motifs is 1. The minimum absolute atomic E-state index is 0.00613. The summed E-state index contributed by atoms with van der Waals surface area (Å²) in [7, 11) is 0. The van der Waals surface area contributed by atoms with E-state index in [-0.39, 0.29) is 17.4 Å². The first kappa shape index (κ1) is 19.2. The number of pyridine rings is 1. The maximum Gasteiger partial charge on any atom is 0.251 e. The number of piperazine rings is 1. The van der Waals surface area contributed by atoms with Crippen LogP contribution in [0.5, 0.6) is 0 Å². The third-order valence-electron chi connectivity index (χ3n) is 6.26. The van der Waals surface area contributed by atoms with Gasteiger partial charge < -0.3 is 15.0 Å². The minimum atomic E-state index is -0.460. The molecule has 1 saturated carbocycles. The van der Waals surface area contributed by atoms with Crippen LogP contribution in [0.3, 0.4) is 0 Å². The number of aromatic amines is 1. The Balaban J connectivity index is 1.38. The van der Waals surface area contributed by atoms with E-state index in [1.807, 2.05) is 17.9 Å². The second-order valence-corrected chi connectivity index (χ2v) is 8.11. The van der Waals surface area contributed by atoms with Gasteiger partial charge in [0.15, 0.2) is 0 Å². The van der Waals surface area contributed by atoms with Crippen molar-refractivity contribution >= 4 is 16.8 Å². The zero-order chi connectivity index (χ0) is 19.7. The van der Waals surface area contributed by atoms with E-state index >= 15 is 0 Å². The van der Waals surface area contributed by atoms with Crippen LogP contribution in [0.15, 0.2) is 29.1 Å². The van der Waals surface area contributed by atoms with Crippen molar-refractivity contribution in [1.29, 1.82) is 0 Å². The largest absolute Gasteiger partial charge is 0.392 e. The molecule has 2 atom stereocenters. The van der Waals surface area contributed by atoms with Gasteiger partial charge in [-0.05, 0) is 48.8 Å². The van der Waals surface area contributed by atoms with Crippen molar-refractivity contribution in [3.8, 4) is 0 Å². The topological polar surface area (TPSA) is 76.6 Å². The Kier molecular flexibility index (Phi) is 5.51. The SMILES string of the molecule is CCc1cc2ccc(CN3CCN(C(=O)[C@H]4CCC[C@H]4O)CC3)cc2[nH]c1=O. The van der Waals surface area contributed by atoms with Gasteiger partial charge in [0.25, 0.3) is 5.56 Å². The molecule has 0 unspecified atom stereocenters. The van der Waals surface area contributed by atoms with Crippen LogP contribution >= 0.6 is 0 Å². The van der Waals surface area contributed by atoms with Crippen LogP contribution in [0.25, 0.3) is 10.9 Å². The van der Waals surface area contributed by atoms with Gasteiger partial charge in [0.05, 0.1) is 12.0 Å². The molecule has 4 rings (SSSR count). The van der Waals surface area contributed by atoms with Gasteiger partial charge in [0.2, 0.25) is 5.91 Å². The lowest BCUT2D eigenvalue weighted by Crippen LogP contribution is -2.50. The number of nitrogens with zero attached hydrogens (tertiary/aromatic N) is 2. The molecule has 1 aromatic heterocycles. The van der Waals surface area contributed by atoms with Crippen LogP contribution in [0.4, 0.5) is 0 Å². The quantitative estimate of drug-likeness (QED) is 0.845. The van der Waals surface area contributed by atoms with Gasteiger partial charge in [0.1, 0.15) is 0 Å². The molecule has 2 heterocycles. The molecule has 0 radical (unpaired) electrons. The van der Waals surface area contributed by atoms with Crippen LogP contribution in [0.1, 0.15) is 37.3 Å². The number of aliphatic hydroxyl groups excluding tert-OH is 1. The molecule has 1 saturated heterocycles. The molecule has 2 aliphatic rings. The average molecular weight is 383 g/mol. The lowest BCUT2D eigenvalue weighted by Gasteiger charge is -2.36. The zero-order valence-electron chi connectivity index (χ0n) is 16.5. The number of aromatic nitrogens is 1. The molecule has 2 aromatic rings. The molecule has 1 aliphatic heterocycles. The Hall–Kier alpha value is -2.18. The summed E-state index contributed by atoms with van der Waals surface area (Å²) in [6, 6.07) is 8.22. The van der Waals surface area contributed by atoms with Gasteiger partial charge in [-0.25, -0.2) is 0 Å². The average Bonchev–Trinajstić information content (AvgIpc) is 3.13. The molecule has 1 aromatic carbocycles. The lowest BCUT2D eigenvalue weighted by molar-refractivity contribution is -0.140. The van der Waals surface area contributed by atoms with Gasteiger partial charge in [0, 0.05) is 43.8 Å². The summed E-state index contributed by atoms with van der Waals surface area (Å²) < 4.78 is 0. The summed E-state index contributed by atoms with van der Waals surface area (Å²) in [6.07, 6.45) is 2.78. The number of hydrogen-bond acceptors (Lipinski definition) is 4. The zero-order valence-corrected chi connectivity index (χ0v) is 16.5. The van der Waals surface area contributed by atoms with Crippen molar-refractivity contribution in [2.24, 2.45) is 5.92 Å². The number of nitrogens with one attached hydrogen (secondary N) is 1. The number of benzene rings is 1. The van der Waals surface area contributed by atoms with Gasteiger partial charge in [-0.3, -0.25) is 14.5 Å². The second-order valence-electron chi connectivity index (χ2n) is 8.11. The van der Waals surface area contributed by atoms with E-state index in [1.165, 1.54) is 5.56 Å². The van der Waals surface area contributed by atoms with Gasteiger partial charge in [-0.15, -0.1) is 0 Å². The smallest absolute Gasteiger partial charge is 0.251 e. The summed E-state index contributed by atoms with van der Waals surface area (Å²) in [5.74, 6) is -0.0727. The molecule has 0 spiro atoms. The molecule has 1 aliphatic carbocycles. The predicted octanol–water partition coefficient (Wildman–Crippen LogP) is 1.90. The number of amides is 1. The van der Waals surface area contributed by atoms with Crippen LogP contribution in [0, 0.1) is 5.92 Å². The van der Waals surface area contributed by atoms with Crippen molar-refractivity contribution in [3.05, 3.63) is 45.7 Å². The Morgan fingerprint density at radius 3 is 2.64 bits per heavy atom. The van der Waals surface area contributed by atoms with E-state index in [0.29, 0.717) is 13.1 Å². The highest BCUT2D eigenvalue weighted by Crippen LogP contribution is 2.27. The van der Waals surface area contributed by atoms with E-state index in [0.717, 1.165) is 61.8 Å². The van der Waals surface area contributed by atoms with Crippen LogP contribution < -0.4 is 5.56 Å². The Morgan fingerprint density at radius 2 is 1.96 bits per heavy atom. The molecule has 6 heteroatoms. The molecule has 28 heavy (non-hydrogen) atoms. The predicted molar refractivity (Wildman–Crippen MR) is 109 cm³/mol. The summed E-state index contributed by atoms with van der Waals surface area (Å²) >= 11 is 0. The number of carbonyl (C=O) groups is 1.